The summed E-state index contributed by atoms with van der Waals surface area (Å²) in [6, 6.07) is 7.23. The summed E-state index contributed by atoms with van der Waals surface area (Å²) in [6.45, 7) is 4.76. The van der Waals surface area contributed by atoms with E-state index in [0.29, 0.717) is 13.2 Å². The van der Waals surface area contributed by atoms with Crippen LogP contribution in [-0.2, 0) is 9.53 Å². The number of nitrogens with zero attached hydrogens (tertiary/aromatic N) is 4. The first-order valence-electron chi connectivity index (χ1n) is 7.83. The number of hydrazone groups is 1. The van der Waals surface area contributed by atoms with Crippen molar-refractivity contribution in [2.75, 3.05) is 26.6 Å². The monoisotopic (exact) mass is 348 g/mol. The van der Waals surface area contributed by atoms with Crippen molar-refractivity contribution in [2.45, 2.75) is 13.8 Å². The van der Waals surface area contributed by atoms with E-state index >= 15 is 0 Å². The van der Waals surface area contributed by atoms with E-state index in [9.17, 15) is 14.9 Å². The van der Waals surface area contributed by atoms with Gasteiger partial charge in [0.15, 0.2) is 5.03 Å². The molecule has 0 aliphatic carbocycles. The summed E-state index contributed by atoms with van der Waals surface area (Å²) in [6.07, 6.45) is 2.94. The summed E-state index contributed by atoms with van der Waals surface area (Å²) in [5, 5.41) is 13.2. The molecular weight excluding hydrogens is 328 g/mol. The number of ether oxygens (including phenoxy) is 2. The SMILES string of the molecule is CCOc1ccc(/C=C/C(=O)N2COCN(CC)/C2=N\[N+](=O)[O-])cc1. The van der Waals surface area contributed by atoms with Gasteiger partial charge >= 0.3 is 0 Å². The fraction of sp³-hybridized carbons (Fsp3) is 0.375. The Hall–Kier alpha value is -2.94. The van der Waals surface area contributed by atoms with Crippen LogP contribution in [0.3, 0.4) is 0 Å². The van der Waals surface area contributed by atoms with Crippen LogP contribution in [0.5, 0.6) is 5.75 Å². The van der Waals surface area contributed by atoms with Crippen LogP contribution >= 0.6 is 0 Å². The van der Waals surface area contributed by atoms with E-state index < -0.39 is 10.9 Å². The zero-order chi connectivity index (χ0) is 18.2. The van der Waals surface area contributed by atoms with E-state index in [4.69, 9.17) is 9.47 Å². The molecule has 0 N–H and O–H groups in total. The minimum atomic E-state index is -0.820. The molecule has 0 saturated carbocycles. The molecule has 1 fully saturated rings. The number of carbonyl (C=O) groups excluding carboxylic acids is 1. The minimum Gasteiger partial charge on any atom is -0.494 e. The number of guanidine groups is 1. The molecule has 0 bridgehead atoms. The minimum absolute atomic E-state index is 0.0277. The van der Waals surface area contributed by atoms with Gasteiger partial charge in [0.2, 0.25) is 0 Å². The van der Waals surface area contributed by atoms with E-state index in [2.05, 4.69) is 5.10 Å². The second-order valence-electron chi connectivity index (χ2n) is 5.06. The molecule has 1 heterocycles. The van der Waals surface area contributed by atoms with Gasteiger partial charge in [-0.1, -0.05) is 12.1 Å². The summed E-state index contributed by atoms with van der Waals surface area (Å²) in [4.78, 5) is 25.8. The van der Waals surface area contributed by atoms with E-state index in [1.54, 1.807) is 25.1 Å². The van der Waals surface area contributed by atoms with Gasteiger partial charge in [0, 0.05) is 12.6 Å². The quantitative estimate of drug-likeness (QED) is 0.441. The van der Waals surface area contributed by atoms with E-state index in [1.165, 1.54) is 11.0 Å². The summed E-state index contributed by atoms with van der Waals surface area (Å²) in [5.41, 5.74) is 0.801. The van der Waals surface area contributed by atoms with Gasteiger partial charge in [0.05, 0.1) is 6.61 Å². The Kier molecular flexibility index (Phi) is 6.47. The Labute approximate surface area is 145 Å². The molecule has 1 aromatic rings. The first kappa shape index (κ1) is 18.4. The lowest BCUT2D eigenvalue weighted by Crippen LogP contribution is -2.53. The molecule has 1 amide bonds. The van der Waals surface area contributed by atoms with Gasteiger partial charge in [-0.25, -0.2) is 15.0 Å². The molecule has 1 aliphatic heterocycles. The Morgan fingerprint density at radius 1 is 1.36 bits per heavy atom. The average molecular weight is 348 g/mol. The zero-order valence-electron chi connectivity index (χ0n) is 14.1. The van der Waals surface area contributed by atoms with Crippen LogP contribution in [0.25, 0.3) is 6.08 Å². The Bertz CT molecular complexity index is 672. The molecule has 1 aliphatic rings. The highest BCUT2D eigenvalue weighted by Crippen LogP contribution is 2.14. The molecule has 9 heteroatoms. The van der Waals surface area contributed by atoms with Gasteiger partial charge in [-0.15, -0.1) is 0 Å². The summed E-state index contributed by atoms with van der Waals surface area (Å²) in [5.74, 6) is 0.266. The number of carbonyl (C=O) groups is 1. The van der Waals surface area contributed by atoms with Gasteiger partial charge < -0.3 is 14.4 Å². The van der Waals surface area contributed by atoms with Crippen LogP contribution in [-0.4, -0.2) is 53.3 Å². The third-order valence-corrected chi connectivity index (χ3v) is 3.42. The molecule has 1 aromatic carbocycles. The lowest BCUT2D eigenvalue weighted by atomic mass is 10.2. The van der Waals surface area contributed by atoms with Gasteiger partial charge in [-0.2, -0.15) is 0 Å². The van der Waals surface area contributed by atoms with Gasteiger partial charge in [0.1, 0.15) is 24.3 Å². The zero-order valence-corrected chi connectivity index (χ0v) is 14.1. The van der Waals surface area contributed by atoms with Crippen molar-refractivity contribution >= 4 is 17.9 Å². The maximum absolute atomic E-state index is 12.4. The maximum Gasteiger partial charge on any atom is 0.284 e. The van der Waals surface area contributed by atoms with Crippen molar-refractivity contribution in [3.05, 3.63) is 46.0 Å². The summed E-state index contributed by atoms with van der Waals surface area (Å²) in [7, 11) is 0. The van der Waals surface area contributed by atoms with Crippen molar-refractivity contribution in [3.63, 3.8) is 0 Å². The van der Waals surface area contributed by atoms with Crippen LogP contribution in [0.4, 0.5) is 0 Å². The first-order chi connectivity index (χ1) is 12.0. The van der Waals surface area contributed by atoms with Crippen molar-refractivity contribution in [1.29, 1.82) is 0 Å². The fourth-order valence-corrected chi connectivity index (χ4v) is 2.21. The normalized spacial score (nSPS) is 16.5. The first-order valence-corrected chi connectivity index (χ1v) is 7.83. The third kappa shape index (κ3) is 5.01. The molecule has 9 nitrogen and oxygen atoms in total. The molecule has 134 valence electrons. The Morgan fingerprint density at radius 3 is 2.68 bits per heavy atom. The summed E-state index contributed by atoms with van der Waals surface area (Å²) >= 11 is 0. The van der Waals surface area contributed by atoms with Gasteiger partial charge in [-0.05, 0) is 37.6 Å². The van der Waals surface area contributed by atoms with Crippen LogP contribution in [0.2, 0.25) is 0 Å². The lowest BCUT2D eigenvalue weighted by Gasteiger charge is -2.34. The van der Waals surface area contributed by atoms with Crippen molar-refractivity contribution in [2.24, 2.45) is 5.10 Å². The Balaban J connectivity index is 2.13. The fourth-order valence-electron chi connectivity index (χ4n) is 2.21. The van der Waals surface area contributed by atoms with E-state index in [-0.39, 0.29) is 19.4 Å². The van der Waals surface area contributed by atoms with Gasteiger partial charge in [-0.3, -0.25) is 4.79 Å². The Morgan fingerprint density at radius 2 is 2.08 bits per heavy atom. The number of nitro groups is 1. The molecule has 0 spiro atoms. The molecule has 0 radical (unpaired) electrons. The van der Waals surface area contributed by atoms with Crippen molar-refractivity contribution in [3.8, 4) is 5.75 Å². The second kappa shape index (κ2) is 8.78. The third-order valence-electron chi connectivity index (χ3n) is 3.42. The summed E-state index contributed by atoms with van der Waals surface area (Å²) < 4.78 is 10.6. The predicted molar refractivity (Wildman–Crippen MR) is 91.1 cm³/mol. The molecular formula is C16H20N4O5. The van der Waals surface area contributed by atoms with E-state index in [0.717, 1.165) is 16.2 Å². The number of hydrogen-bond acceptors (Lipinski definition) is 5. The van der Waals surface area contributed by atoms with Crippen LogP contribution < -0.4 is 4.74 Å². The largest absolute Gasteiger partial charge is 0.494 e. The topological polar surface area (TPSA) is 97.5 Å². The highest BCUT2D eigenvalue weighted by molar-refractivity contribution is 6.03. The lowest BCUT2D eigenvalue weighted by molar-refractivity contribution is -0.486. The van der Waals surface area contributed by atoms with Crippen LogP contribution in [0, 0.1) is 10.1 Å². The van der Waals surface area contributed by atoms with Crippen molar-refractivity contribution < 1.29 is 19.3 Å². The van der Waals surface area contributed by atoms with Gasteiger partial charge in [0.25, 0.3) is 11.9 Å². The number of rotatable bonds is 6. The maximum atomic E-state index is 12.4. The highest BCUT2D eigenvalue weighted by atomic mass is 16.7. The van der Waals surface area contributed by atoms with Crippen molar-refractivity contribution in [1.82, 2.24) is 9.80 Å². The standard InChI is InChI=1S/C16H20N4O5/c1-3-18-11-24-12-19(16(18)17-20(22)23)15(21)10-7-13-5-8-14(9-6-13)25-4-2/h5-10H,3-4,11-12H2,1-2H3/b10-7+,17-16+. The molecule has 2 rings (SSSR count). The second-order valence-corrected chi connectivity index (χ2v) is 5.06. The van der Waals surface area contributed by atoms with Crippen LogP contribution in [0.1, 0.15) is 19.4 Å². The predicted octanol–water partition coefficient (Wildman–Crippen LogP) is 1.74. The van der Waals surface area contributed by atoms with E-state index in [1.807, 2.05) is 19.1 Å². The molecule has 0 aromatic heterocycles. The number of amides is 1. The number of hydrogen-bond donors (Lipinski definition) is 0. The smallest absolute Gasteiger partial charge is 0.284 e. The molecule has 0 unspecified atom stereocenters. The number of benzene rings is 1. The molecule has 25 heavy (non-hydrogen) atoms. The molecule has 1 saturated heterocycles. The molecule has 0 atom stereocenters. The average Bonchev–Trinajstić information content (AvgIpc) is 2.61. The highest BCUT2D eigenvalue weighted by Gasteiger charge is 2.30. The van der Waals surface area contributed by atoms with Crippen LogP contribution in [0.15, 0.2) is 35.4 Å².